The summed E-state index contributed by atoms with van der Waals surface area (Å²) in [5.41, 5.74) is -0.157. The third-order valence-corrected chi connectivity index (χ3v) is 1.69. The van der Waals surface area contributed by atoms with Gasteiger partial charge >= 0.3 is 0 Å². The van der Waals surface area contributed by atoms with Gasteiger partial charge in [-0.15, -0.1) is 0 Å². The first-order valence-electron chi connectivity index (χ1n) is 4.16. The molecular formula is C10H19O. The minimum absolute atomic E-state index is 0.157. The molecule has 0 aliphatic carbocycles. The zero-order valence-corrected chi connectivity index (χ0v) is 8.32. The smallest absolute Gasteiger partial charge is 0.138 e. The molecule has 0 rings (SSSR count). The summed E-state index contributed by atoms with van der Waals surface area (Å²) in [5.74, 6) is 1.70. The van der Waals surface area contributed by atoms with Gasteiger partial charge in [0, 0.05) is 11.8 Å². The summed E-state index contributed by atoms with van der Waals surface area (Å²) in [5, 5.41) is 0. The van der Waals surface area contributed by atoms with E-state index < -0.39 is 0 Å². The summed E-state index contributed by atoms with van der Waals surface area (Å²) in [6.07, 6.45) is 1.64. The molecule has 0 N–H and O–H groups in total. The third kappa shape index (κ3) is 5.00. The van der Waals surface area contributed by atoms with Gasteiger partial charge in [-0.1, -0.05) is 34.6 Å². The van der Waals surface area contributed by atoms with Crippen molar-refractivity contribution in [2.45, 2.75) is 47.5 Å². The van der Waals surface area contributed by atoms with E-state index in [1.807, 2.05) is 20.8 Å². The number of ketones is 1. The molecule has 0 saturated carbocycles. The molecule has 0 aromatic carbocycles. The maximum absolute atomic E-state index is 11.4. The Bertz CT molecular complexity index is 128. The van der Waals surface area contributed by atoms with Crippen molar-refractivity contribution in [3.8, 4) is 0 Å². The fraction of sp³-hybridized carbons (Fsp3) is 0.800. The molecule has 1 nitrogen and oxygen atoms in total. The monoisotopic (exact) mass is 155 g/mol. The fourth-order valence-electron chi connectivity index (χ4n) is 0.739. The SMILES string of the molecule is C[C](C)CCC(=O)C(C)(C)C. The highest BCUT2D eigenvalue weighted by Gasteiger charge is 2.20. The molecule has 11 heavy (non-hydrogen) atoms. The van der Waals surface area contributed by atoms with Gasteiger partial charge < -0.3 is 0 Å². The molecule has 1 heteroatoms. The second kappa shape index (κ2) is 3.89. The standard InChI is InChI=1S/C10H19O/c1-8(2)6-7-9(11)10(3,4)5/h6-7H2,1-5H3. The van der Waals surface area contributed by atoms with Crippen molar-refractivity contribution in [3.05, 3.63) is 5.92 Å². The first-order valence-corrected chi connectivity index (χ1v) is 4.16. The van der Waals surface area contributed by atoms with Gasteiger partial charge in [-0.05, 0) is 12.3 Å². The Kier molecular flexibility index (Phi) is 3.77. The van der Waals surface area contributed by atoms with Crippen LogP contribution in [0.5, 0.6) is 0 Å². The van der Waals surface area contributed by atoms with E-state index in [4.69, 9.17) is 0 Å². The average Bonchev–Trinajstić information content (AvgIpc) is 1.80. The number of carbonyl (C=O) groups is 1. The van der Waals surface area contributed by atoms with Crippen molar-refractivity contribution in [1.82, 2.24) is 0 Å². The predicted octanol–water partition coefficient (Wildman–Crippen LogP) is 3.00. The van der Waals surface area contributed by atoms with Gasteiger partial charge in [0.2, 0.25) is 0 Å². The van der Waals surface area contributed by atoms with Crippen molar-refractivity contribution < 1.29 is 4.79 Å². The first kappa shape index (κ1) is 10.7. The van der Waals surface area contributed by atoms with Crippen molar-refractivity contribution in [3.63, 3.8) is 0 Å². The van der Waals surface area contributed by atoms with Gasteiger partial charge in [0.25, 0.3) is 0 Å². The summed E-state index contributed by atoms with van der Waals surface area (Å²) in [4.78, 5) is 11.4. The second-order valence-electron chi connectivity index (χ2n) is 4.38. The van der Waals surface area contributed by atoms with Crippen LogP contribution in [0.4, 0.5) is 0 Å². The van der Waals surface area contributed by atoms with Crippen LogP contribution in [0.2, 0.25) is 0 Å². The largest absolute Gasteiger partial charge is 0.299 e. The molecule has 0 aliphatic heterocycles. The van der Waals surface area contributed by atoms with Crippen LogP contribution in [-0.2, 0) is 4.79 Å². The van der Waals surface area contributed by atoms with Crippen LogP contribution in [0.15, 0.2) is 0 Å². The zero-order valence-electron chi connectivity index (χ0n) is 8.32. The Morgan fingerprint density at radius 1 is 1.09 bits per heavy atom. The Morgan fingerprint density at radius 3 is 1.82 bits per heavy atom. The number of carbonyl (C=O) groups excluding carboxylic acids is 1. The van der Waals surface area contributed by atoms with Gasteiger partial charge in [-0.2, -0.15) is 0 Å². The van der Waals surface area contributed by atoms with E-state index in [2.05, 4.69) is 13.8 Å². The van der Waals surface area contributed by atoms with Gasteiger partial charge in [0.05, 0.1) is 0 Å². The van der Waals surface area contributed by atoms with E-state index in [0.717, 1.165) is 6.42 Å². The van der Waals surface area contributed by atoms with Crippen LogP contribution >= 0.6 is 0 Å². The lowest BCUT2D eigenvalue weighted by Gasteiger charge is -2.16. The van der Waals surface area contributed by atoms with E-state index in [1.54, 1.807) is 0 Å². The molecule has 0 fully saturated rings. The fourth-order valence-corrected chi connectivity index (χ4v) is 0.739. The van der Waals surface area contributed by atoms with E-state index >= 15 is 0 Å². The van der Waals surface area contributed by atoms with E-state index in [0.29, 0.717) is 12.2 Å². The molecule has 0 aliphatic rings. The normalized spacial score (nSPS) is 12.2. The number of hydrogen-bond donors (Lipinski definition) is 0. The van der Waals surface area contributed by atoms with Gasteiger partial charge in [0.1, 0.15) is 5.78 Å². The maximum atomic E-state index is 11.4. The number of hydrogen-bond acceptors (Lipinski definition) is 1. The summed E-state index contributed by atoms with van der Waals surface area (Å²) in [6.45, 7) is 10.0. The van der Waals surface area contributed by atoms with Crippen LogP contribution in [0.1, 0.15) is 47.5 Å². The van der Waals surface area contributed by atoms with Gasteiger partial charge in [-0.3, -0.25) is 4.79 Å². The minimum atomic E-state index is -0.157. The lowest BCUT2D eigenvalue weighted by Crippen LogP contribution is -2.19. The number of rotatable bonds is 3. The Labute approximate surface area is 70.2 Å². The topological polar surface area (TPSA) is 17.1 Å². The quantitative estimate of drug-likeness (QED) is 0.612. The van der Waals surface area contributed by atoms with E-state index in [9.17, 15) is 4.79 Å². The van der Waals surface area contributed by atoms with Crippen LogP contribution in [-0.4, -0.2) is 5.78 Å². The van der Waals surface area contributed by atoms with Crippen molar-refractivity contribution in [2.75, 3.05) is 0 Å². The minimum Gasteiger partial charge on any atom is -0.299 e. The predicted molar refractivity (Wildman–Crippen MR) is 48.3 cm³/mol. The molecule has 0 saturated heterocycles. The molecule has 0 unspecified atom stereocenters. The summed E-state index contributed by atoms with van der Waals surface area (Å²) >= 11 is 0. The molecular weight excluding hydrogens is 136 g/mol. The number of Topliss-reactive ketones (excluding diaryl/α,β-unsaturated/α-hetero) is 1. The average molecular weight is 155 g/mol. The summed E-state index contributed by atoms with van der Waals surface area (Å²) in [7, 11) is 0. The van der Waals surface area contributed by atoms with Crippen LogP contribution in [0, 0.1) is 11.3 Å². The Morgan fingerprint density at radius 2 is 1.55 bits per heavy atom. The molecule has 0 spiro atoms. The van der Waals surface area contributed by atoms with Gasteiger partial charge in [-0.25, -0.2) is 0 Å². The Hall–Kier alpha value is -0.330. The molecule has 0 heterocycles. The Balaban J connectivity index is 3.71. The molecule has 1 radical (unpaired) electrons. The van der Waals surface area contributed by atoms with Crippen LogP contribution in [0.3, 0.4) is 0 Å². The molecule has 0 aromatic rings. The lowest BCUT2D eigenvalue weighted by molar-refractivity contribution is -0.126. The van der Waals surface area contributed by atoms with E-state index in [1.165, 1.54) is 5.92 Å². The molecule has 0 amide bonds. The van der Waals surface area contributed by atoms with E-state index in [-0.39, 0.29) is 5.41 Å². The summed E-state index contributed by atoms with van der Waals surface area (Å²) < 4.78 is 0. The lowest BCUT2D eigenvalue weighted by atomic mass is 9.87. The second-order valence-corrected chi connectivity index (χ2v) is 4.38. The highest BCUT2D eigenvalue weighted by Crippen LogP contribution is 2.19. The molecule has 0 aromatic heterocycles. The highest BCUT2D eigenvalue weighted by molar-refractivity contribution is 5.83. The molecule has 0 bridgehead atoms. The molecule has 65 valence electrons. The van der Waals surface area contributed by atoms with Crippen LogP contribution < -0.4 is 0 Å². The van der Waals surface area contributed by atoms with Gasteiger partial charge in [0.15, 0.2) is 0 Å². The zero-order chi connectivity index (χ0) is 9.07. The third-order valence-electron chi connectivity index (χ3n) is 1.69. The summed E-state index contributed by atoms with van der Waals surface area (Å²) in [6, 6.07) is 0. The van der Waals surface area contributed by atoms with Crippen molar-refractivity contribution in [1.29, 1.82) is 0 Å². The molecule has 0 atom stereocenters. The van der Waals surface area contributed by atoms with Crippen LogP contribution in [0.25, 0.3) is 0 Å². The highest BCUT2D eigenvalue weighted by atomic mass is 16.1. The van der Waals surface area contributed by atoms with Crippen molar-refractivity contribution in [2.24, 2.45) is 5.41 Å². The maximum Gasteiger partial charge on any atom is 0.138 e. The van der Waals surface area contributed by atoms with Crippen molar-refractivity contribution >= 4 is 5.78 Å². The first-order chi connectivity index (χ1) is 4.84.